The number of carbonyl (C=O) groups excluding carboxylic acids is 1. The van der Waals surface area contributed by atoms with Crippen LogP contribution in [0.1, 0.15) is 17.3 Å². The minimum atomic E-state index is -0.427. The summed E-state index contributed by atoms with van der Waals surface area (Å²) >= 11 is 0. The number of benzene rings is 2. The summed E-state index contributed by atoms with van der Waals surface area (Å²) in [6, 6.07) is 11.7. The van der Waals surface area contributed by atoms with E-state index in [-0.39, 0.29) is 17.0 Å². The first-order valence-corrected chi connectivity index (χ1v) is 6.23. The fourth-order valence-corrected chi connectivity index (χ4v) is 1.77. The van der Waals surface area contributed by atoms with Crippen LogP contribution in [0, 0.1) is 0 Å². The van der Waals surface area contributed by atoms with Crippen LogP contribution in [0.3, 0.4) is 0 Å². The molecule has 0 unspecified atom stereocenters. The third-order valence-corrected chi connectivity index (χ3v) is 2.71. The first-order valence-electron chi connectivity index (χ1n) is 6.23. The van der Waals surface area contributed by atoms with E-state index in [1.54, 1.807) is 30.3 Å². The van der Waals surface area contributed by atoms with Crippen molar-refractivity contribution in [2.75, 3.05) is 17.7 Å². The van der Waals surface area contributed by atoms with Crippen LogP contribution < -0.4 is 15.8 Å². The summed E-state index contributed by atoms with van der Waals surface area (Å²) in [5, 5.41) is 12.5. The van der Waals surface area contributed by atoms with Crippen LogP contribution in [-0.4, -0.2) is 17.6 Å². The van der Waals surface area contributed by atoms with Crippen LogP contribution in [0.25, 0.3) is 0 Å². The van der Waals surface area contributed by atoms with Crippen molar-refractivity contribution < 1.29 is 14.6 Å². The molecule has 0 spiro atoms. The summed E-state index contributed by atoms with van der Waals surface area (Å²) in [6.45, 7) is 2.43. The highest BCUT2D eigenvalue weighted by Gasteiger charge is 2.13. The van der Waals surface area contributed by atoms with Gasteiger partial charge in [0.25, 0.3) is 5.91 Å². The molecule has 0 aliphatic carbocycles. The Hall–Kier alpha value is -2.69. The number of aromatic hydroxyl groups is 1. The van der Waals surface area contributed by atoms with Gasteiger partial charge in [-0.15, -0.1) is 0 Å². The molecule has 5 nitrogen and oxygen atoms in total. The van der Waals surface area contributed by atoms with Crippen molar-refractivity contribution in [3.8, 4) is 11.5 Å². The van der Waals surface area contributed by atoms with Crippen molar-refractivity contribution in [2.45, 2.75) is 6.92 Å². The molecule has 0 atom stereocenters. The van der Waals surface area contributed by atoms with Gasteiger partial charge >= 0.3 is 0 Å². The number of hydrogen-bond donors (Lipinski definition) is 3. The van der Waals surface area contributed by atoms with Crippen LogP contribution in [0.15, 0.2) is 42.5 Å². The molecule has 0 aliphatic rings. The maximum absolute atomic E-state index is 12.1. The molecule has 0 aromatic heterocycles. The second-order valence-electron chi connectivity index (χ2n) is 4.16. The van der Waals surface area contributed by atoms with E-state index >= 15 is 0 Å². The normalized spacial score (nSPS) is 10.1. The highest BCUT2D eigenvalue weighted by atomic mass is 16.5. The molecule has 2 aromatic carbocycles. The van der Waals surface area contributed by atoms with E-state index in [9.17, 15) is 9.90 Å². The number of anilines is 2. The highest BCUT2D eigenvalue weighted by Crippen LogP contribution is 2.25. The average molecular weight is 272 g/mol. The molecular weight excluding hydrogens is 256 g/mol. The Labute approximate surface area is 117 Å². The number of nitrogens with two attached hydrogens (primary N) is 1. The summed E-state index contributed by atoms with van der Waals surface area (Å²) in [7, 11) is 0. The number of hydrogen-bond acceptors (Lipinski definition) is 4. The number of nitrogens with one attached hydrogen (secondary N) is 1. The van der Waals surface area contributed by atoms with Gasteiger partial charge in [0.1, 0.15) is 5.75 Å². The van der Waals surface area contributed by atoms with Crippen molar-refractivity contribution in [1.29, 1.82) is 0 Å². The number of phenolic OH excluding ortho intramolecular Hbond substituents is 1. The molecule has 1 amide bonds. The summed E-state index contributed by atoms with van der Waals surface area (Å²) in [5.41, 5.74) is 6.45. The number of carbonyl (C=O) groups is 1. The van der Waals surface area contributed by atoms with E-state index in [0.29, 0.717) is 18.0 Å². The topological polar surface area (TPSA) is 84.6 Å². The molecule has 4 N–H and O–H groups in total. The first kappa shape index (κ1) is 13.7. The molecule has 5 heteroatoms. The lowest BCUT2D eigenvalue weighted by molar-refractivity contribution is 0.102. The fraction of sp³-hybridized carbons (Fsp3) is 0.133. The van der Waals surface area contributed by atoms with Crippen LogP contribution in [0.2, 0.25) is 0 Å². The van der Waals surface area contributed by atoms with Crippen molar-refractivity contribution in [3.63, 3.8) is 0 Å². The van der Waals surface area contributed by atoms with Crippen LogP contribution in [0.4, 0.5) is 11.4 Å². The predicted octanol–water partition coefficient (Wildman–Crippen LogP) is 2.63. The maximum Gasteiger partial charge on any atom is 0.259 e. The van der Waals surface area contributed by atoms with E-state index in [1.807, 2.05) is 6.92 Å². The molecule has 0 fully saturated rings. The molecule has 0 heterocycles. The van der Waals surface area contributed by atoms with E-state index in [2.05, 4.69) is 5.32 Å². The molecule has 104 valence electrons. The smallest absolute Gasteiger partial charge is 0.259 e. The van der Waals surface area contributed by atoms with Gasteiger partial charge in [-0.25, -0.2) is 0 Å². The quantitative estimate of drug-likeness (QED) is 0.590. The molecule has 0 saturated heterocycles. The minimum absolute atomic E-state index is 0.131. The van der Waals surface area contributed by atoms with Gasteiger partial charge in [0, 0.05) is 11.8 Å². The van der Waals surface area contributed by atoms with Crippen molar-refractivity contribution in [3.05, 3.63) is 48.0 Å². The predicted molar refractivity (Wildman–Crippen MR) is 78.1 cm³/mol. The van der Waals surface area contributed by atoms with Gasteiger partial charge in [0.2, 0.25) is 0 Å². The van der Waals surface area contributed by atoms with Crippen molar-refractivity contribution in [1.82, 2.24) is 0 Å². The van der Waals surface area contributed by atoms with E-state index in [0.717, 1.165) is 0 Å². The van der Waals surface area contributed by atoms with Gasteiger partial charge in [-0.05, 0) is 31.2 Å². The molecule has 2 aromatic rings. The molecule has 2 rings (SSSR count). The van der Waals surface area contributed by atoms with Gasteiger partial charge in [-0.2, -0.15) is 0 Å². The Balaban J connectivity index is 2.19. The maximum atomic E-state index is 12.1. The zero-order valence-corrected chi connectivity index (χ0v) is 11.1. The molecule has 0 bridgehead atoms. The number of phenols is 1. The van der Waals surface area contributed by atoms with Crippen LogP contribution >= 0.6 is 0 Å². The molecular formula is C15H16N2O3. The summed E-state index contributed by atoms with van der Waals surface area (Å²) in [6.07, 6.45) is 0. The zero-order chi connectivity index (χ0) is 14.5. The number of amides is 1. The molecule has 0 saturated carbocycles. The van der Waals surface area contributed by atoms with E-state index in [4.69, 9.17) is 10.5 Å². The van der Waals surface area contributed by atoms with Crippen LogP contribution in [0.5, 0.6) is 11.5 Å². The summed E-state index contributed by atoms with van der Waals surface area (Å²) in [4.78, 5) is 12.1. The molecule has 20 heavy (non-hydrogen) atoms. The molecule has 0 aliphatic heterocycles. The highest BCUT2D eigenvalue weighted by molar-refractivity contribution is 6.07. The summed E-state index contributed by atoms with van der Waals surface area (Å²) < 4.78 is 5.36. The lowest BCUT2D eigenvalue weighted by Gasteiger charge is -2.09. The lowest BCUT2D eigenvalue weighted by atomic mass is 10.1. The SMILES string of the molecule is CCOc1cccc(NC(=O)c2cccc(N)c2O)c1. The average Bonchev–Trinajstić information content (AvgIpc) is 2.42. The van der Waals surface area contributed by atoms with Crippen molar-refractivity contribution >= 4 is 17.3 Å². The fourth-order valence-electron chi connectivity index (χ4n) is 1.77. The van der Waals surface area contributed by atoms with E-state index in [1.165, 1.54) is 12.1 Å². The van der Waals surface area contributed by atoms with Gasteiger partial charge in [-0.3, -0.25) is 4.79 Å². The third-order valence-electron chi connectivity index (χ3n) is 2.71. The standard InChI is InChI=1S/C15H16N2O3/c1-2-20-11-6-3-5-10(9-11)17-15(19)12-7-4-8-13(16)14(12)18/h3-9,18H,2,16H2,1H3,(H,17,19). The second kappa shape index (κ2) is 5.97. The Bertz CT molecular complexity index is 626. The minimum Gasteiger partial charge on any atom is -0.505 e. The molecule has 0 radical (unpaired) electrons. The number of ether oxygens (including phenoxy) is 1. The Morgan fingerprint density at radius 2 is 2.05 bits per heavy atom. The largest absolute Gasteiger partial charge is 0.505 e. The van der Waals surface area contributed by atoms with Gasteiger partial charge in [-0.1, -0.05) is 12.1 Å². The number of rotatable bonds is 4. The Morgan fingerprint density at radius 1 is 1.30 bits per heavy atom. The Morgan fingerprint density at radius 3 is 2.80 bits per heavy atom. The van der Waals surface area contributed by atoms with Gasteiger partial charge < -0.3 is 20.9 Å². The second-order valence-corrected chi connectivity index (χ2v) is 4.16. The third kappa shape index (κ3) is 3.00. The lowest BCUT2D eigenvalue weighted by Crippen LogP contribution is -2.12. The monoisotopic (exact) mass is 272 g/mol. The van der Waals surface area contributed by atoms with E-state index < -0.39 is 5.91 Å². The summed E-state index contributed by atoms with van der Waals surface area (Å²) in [5.74, 6) is 0.0245. The Kier molecular flexibility index (Phi) is 4.10. The number of nitrogen functional groups attached to an aromatic ring is 1. The first-order chi connectivity index (χ1) is 9.61. The zero-order valence-electron chi connectivity index (χ0n) is 11.1. The van der Waals surface area contributed by atoms with Gasteiger partial charge in [0.05, 0.1) is 17.9 Å². The van der Waals surface area contributed by atoms with Crippen molar-refractivity contribution in [2.24, 2.45) is 0 Å². The van der Waals surface area contributed by atoms with Crippen LogP contribution in [-0.2, 0) is 0 Å². The van der Waals surface area contributed by atoms with Gasteiger partial charge in [0.15, 0.2) is 5.75 Å². The number of para-hydroxylation sites is 1.